The van der Waals surface area contributed by atoms with E-state index < -0.39 is 0 Å². The molecule has 4 rings (SSSR count). The van der Waals surface area contributed by atoms with E-state index in [-0.39, 0.29) is 0 Å². The standard InChI is InChI=1S/C16H15NO/c1-2-5-11(6-3-1)13-9-12-7-4-8-15-16(12)14(17-13)10-18-15/h1-8,13-14,17H,9-10H2/t13-,14-/m0/s1. The first-order chi connectivity index (χ1) is 8.92. The highest BCUT2D eigenvalue weighted by molar-refractivity contribution is 5.48. The van der Waals surface area contributed by atoms with Gasteiger partial charge >= 0.3 is 0 Å². The van der Waals surface area contributed by atoms with Gasteiger partial charge in [0.25, 0.3) is 0 Å². The summed E-state index contributed by atoms with van der Waals surface area (Å²) in [6.45, 7) is 0.760. The van der Waals surface area contributed by atoms with Crippen LogP contribution in [0.25, 0.3) is 0 Å². The van der Waals surface area contributed by atoms with Gasteiger partial charge in [-0.05, 0) is 23.6 Å². The zero-order chi connectivity index (χ0) is 11.9. The molecule has 2 aromatic carbocycles. The van der Waals surface area contributed by atoms with Gasteiger partial charge in [-0.1, -0.05) is 42.5 Å². The zero-order valence-corrected chi connectivity index (χ0v) is 10.1. The minimum atomic E-state index is 0.357. The molecule has 0 unspecified atom stereocenters. The van der Waals surface area contributed by atoms with Crippen LogP contribution in [0.2, 0.25) is 0 Å². The van der Waals surface area contributed by atoms with E-state index in [2.05, 4.69) is 53.8 Å². The summed E-state index contributed by atoms with van der Waals surface area (Å²) in [5, 5.41) is 3.70. The fraction of sp³-hybridized carbons (Fsp3) is 0.250. The topological polar surface area (TPSA) is 21.3 Å². The van der Waals surface area contributed by atoms with Gasteiger partial charge < -0.3 is 4.74 Å². The van der Waals surface area contributed by atoms with Gasteiger partial charge in [0.15, 0.2) is 0 Å². The van der Waals surface area contributed by atoms with Crippen LogP contribution in [0, 0.1) is 0 Å². The van der Waals surface area contributed by atoms with Crippen LogP contribution in [0.4, 0.5) is 0 Å². The highest BCUT2D eigenvalue weighted by atomic mass is 16.5. The summed E-state index contributed by atoms with van der Waals surface area (Å²) >= 11 is 0. The van der Waals surface area contributed by atoms with Gasteiger partial charge in [-0.3, -0.25) is 5.32 Å². The van der Waals surface area contributed by atoms with Crippen molar-refractivity contribution in [3.8, 4) is 5.75 Å². The lowest BCUT2D eigenvalue weighted by Gasteiger charge is -2.29. The first-order valence-corrected chi connectivity index (χ1v) is 6.47. The third-order valence-electron chi connectivity index (χ3n) is 3.94. The molecule has 18 heavy (non-hydrogen) atoms. The molecular weight excluding hydrogens is 222 g/mol. The second-order valence-corrected chi connectivity index (χ2v) is 5.03. The van der Waals surface area contributed by atoms with Gasteiger partial charge in [0, 0.05) is 11.6 Å². The molecular formula is C16H15NO. The monoisotopic (exact) mass is 237 g/mol. The van der Waals surface area contributed by atoms with Crippen molar-refractivity contribution in [2.24, 2.45) is 0 Å². The number of rotatable bonds is 1. The second-order valence-electron chi connectivity index (χ2n) is 5.03. The van der Waals surface area contributed by atoms with Gasteiger partial charge in [0.2, 0.25) is 0 Å². The molecule has 0 radical (unpaired) electrons. The van der Waals surface area contributed by atoms with Crippen molar-refractivity contribution in [3.63, 3.8) is 0 Å². The largest absolute Gasteiger partial charge is 0.491 e. The molecule has 2 aliphatic rings. The summed E-state index contributed by atoms with van der Waals surface area (Å²) in [6, 6.07) is 17.8. The van der Waals surface area contributed by atoms with E-state index in [9.17, 15) is 0 Å². The summed E-state index contributed by atoms with van der Waals surface area (Å²) in [5.74, 6) is 1.07. The van der Waals surface area contributed by atoms with Crippen molar-refractivity contribution < 1.29 is 4.74 Å². The first kappa shape index (κ1) is 10.2. The average molecular weight is 237 g/mol. The minimum absolute atomic E-state index is 0.357. The van der Waals surface area contributed by atoms with E-state index in [1.807, 2.05) is 0 Å². The van der Waals surface area contributed by atoms with Crippen molar-refractivity contribution in [1.82, 2.24) is 5.32 Å². The molecule has 0 aromatic heterocycles. The molecule has 0 aliphatic carbocycles. The quantitative estimate of drug-likeness (QED) is 0.823. The summed E-state index contributed by atoms with van der Waals surface area (Å²) in [6.07, 6.45) is 1.05. The molecule has 2 nitrogen and oxygen atoms in total. The maximum atomic E-state index is 5.74. The van der Waals surface area contributed by atoms with Crippen molar-refractivity contribution >= 4 is 0 Å². The third-order valence-corrected chi connectivity index (χ3v) is 3.94. The molecule has 2 heteroatoms. The molecule has 1 N–H and O–H groups in total. The van der Waals surface area contributed by atoms with Gasteiger partial charge in [-0.2, -0.15) is 0 Å². The molecule has 90 valence electrons. The molecule has 0 fully saturated rings. The number of hydrogen-bond donors (Lipinski definition) is 1. The average Bonchev–Trinajstić information content (AvgIpc) is 2.85. The Labute approximate surface area is 107 Å². The number of ether oxygens (including phenoxy) is 1. The molecule has 0 bridgehead atoms. The van der Waals surface area contributed by atoms with Gasteiger partial charge in [0.1, 0.15) is 12.4 Å². The lowest BCUT2D eigenvalue weighted by Crippen LogP contribution is -2.33. The van der Waals surface area contributed by atoms with Crippen molar-refractivity contribution in [1.29, 1.82) is 0 Å². The fourth-order valence-electron chi connectivity index (χ4n) is 3.10. The van der Waals surface area contributed by atoms with Crippen LogP contribution in [-0.2, 0) is 6.42 Å². The highest BCUT2D eigenvalue weighted by Crippen LogP contribution is 2.41. The van der Waals surface area contributed by atoms with E-state index in [1.165, 1.54) is 16.7 Å². The Hall–Kier alpha value is -1.80. The summed E-state index contributed by atoms with van der Waals surface area (Å²) in [7, 11) is 0. The van der Waals surface area contributed by atoms with Crippen molar-refractivity contribution in [2.75, 3.05) is 6.61 Å². The van der Waals surface area contributed by atoms with E-state index >= 15 is 0 Å². The van der Waals surface area contributed by atoms with Crippen molar-refractivity contribution in [3.05, 3.63) is 65.2 Å². The van der Waals surface area contributed by atoms with Crippen LogP contribution in [0.15, 0.2) is 48.5 Å². The van der Waals surface area contributed by atoms with E-state index in [0.29, 0.717) is 12.1 Å². The van der Waals surface area contributed by atoms with Crippen LogP contribution in [0.1, 0.15) is 28.8 Å². The number of hydrogen-bond acceptors (Lipinski definition) is 2. The predicted octanol–water partition coefficient (Wildman–Crippen LogP) is 3.01. The van der Waals surface area contributed by atoms with Gasteiger partial charge in [-0.15, -0.1) is 0 Å². The summed E-state index contributed by atoms with van der Waals surface area (Å²) < 4.78 is 5.74. The second kappa shape index (κ2) is 3.85. The van der Waals surface area contributed by atoms with Crippen LogP contribution in [0.3, 0.4) is 0 Å². The van der Waals surface area contributed by atoms with Crippen LogP contribution in [-0.4, -0.2) is 6.61 Å². The molecule has 2 heterocycles. The Bertz CT molecular complexity index is 579. The van der Waals surface area contributed by atoms with Gasteiger partial charge in [-0.25, -0.2) is 0 Å². The SMILES string of the molecule is c1ccc([C@@H]2Cc3cccc4c3[C@H](CO4)N2)cc1. The number of benzene rings is 2. The van der Waals surface area contributed by atoms with E-state index in [0.717, 1.165) is 18.8 Å². The van der Waals surface area contributed by atoms with E-state index in [1.54, 1.807) is 0 Å². The zero-order valence-electron chi connectivity index (χ0n) is 10.1. The maximum Gasteiger partial charge on any atom is 0.124 e. The Morgan fingerprint density at radius 3 is 2.72 bits per heavy atom. The Morgan fingerprint density at radius 2 is 1.83 bits per heavy atom. The maximum absolute atomic E-state index is 5.74. The smallest absolute Gasteiger partial charge is 0.124 e. The first-order valence-electron chi connectivity index (χ1n) is 6.47. The molecule has 2 aromatic rings. The fourth-order valence-corrected chi connectivity index (χ4v) is 3.10. The minimum Gasteiger partial charge on any atom is -0.491 e. The molecule has 0 saturated heterocycles. The Morgan fingerprint density at radius 1 is 0.944 bits per heavy atom. The Kier molecular flexibility index (Phi) is 2.17. The lowest BCUT2D eigenvalue weighted by molar-refractivity contribution is 0.293. The van der Waals surface area contributed by atoms with E-state index in [4.69, 9.17) is 4.74 Å². The van der Waals surface area contributed by atoms with Crippen LogP contribution >= 0.6 is 0 Å². The lowest BCUT2D eigenvalue weighted by atomic mass is 9.88. The highest BCUT2D eigenvalue weighted by Gasteiger charge is 2.33. The normalized spacial score (nSPS) is 24.4. The van der Waals surface area contributed by atoms with Crippen LogP contribution in [0.5, 0.6) is 5.75 Å². The van der Waals surface area contributed by atoms with Gasteiger partial charge in [0.05, 0.1) is 6.04 Å². The summed E-state index contributed by atoms with van der Waals surface area (Å²) in [4.78, 5) is 0. The molecule has 2 atom stereocenters. The Balaban J connectivity index is 1.75. The molecule has 0 saturated carbocycles. The molecule has 2 aliphatic heterocycles. The van der Waals surface area contributed by atoms with Crippen LogP contribution < -0.4 is 10.1 Å². The molecule has 0 spiro atoms. The third kappa shape index (κ3) is 1.46. The number of nitrogens with one attached hydrogen (secondary N) is 1. The van der Waals surface area contributed by atoms with Crippen molar-refractivity contribution in [2.45, 2.75) is 18.5 Å². The predicted molar refractivity (Wildman–Crippen MR) is 70.7 cm³/mol. The molecule has 0 amide bonds. The summed E-state index contributed by atoms with van der Waals surface area (Å²) in [5.41, 5.74) is 4.17.